The SMILES string of the molecule is O=C(O)c1cn(CCN2C(=O)c3ccccc3C2=O)cn1. The van der Waals surface area contributed by atoms with Crippen molar-refractivity contribution >= 4 is 17.8 Å². The first-order chi connectivity index (χ1) is 10.1. The van der Waals surface area contributed by atoms with Crippen LogP contribution in [0.15, 0.2) is 36.8 Å². The lowest BCUT2D eigenvalue weighted by molar-refractivity contribution is 0.0644. The molecule has 1 aromatic carbocycles. The molecule has 2 heterocycles. The van der Waals surface area contributed by atoms with E-state index in [0.717, 1.165) is 4.90 Å². The Labute approximate surface area is 119 Å². The minimum absolute atomic E-state index is 0.0719. The van der Waals surface area contributed by atoms with Crippen molar-refractivity contribution in [2.45, 2.75) is 6.54 Å². The monoisotopic (exact) mass is 285 g/mol. The largest absolute Gasteiger partial charge is 0.476 e. The lowest BCUT2D eigenvalue weighted by Crippen LogP contribution is -2.32. The van der Waals surface area contributed by atoms with Crippen molar-refractivity contribution < 1.29 is 19.5 Å². The fourth-order valence-corrected chi connectivity index (χ4v) is 2.25. The number of carboxylic acid groups (broad SMARTS) is 1. The maximum atomic E-state index is 12.1. The van der Waals surface area contributed by atoms with Gasteiger partial charge >= 0.3 is 5.97 Å². The number of carboxylic acids is 1. The first-order valence-electron chi connectivity index (χ1n) is 6.28. The van der Waals surface area contributed by atoms with Gasteiger partial charge in [0.05, 0.1) is 17.5 Å². The third kappa shape index (κ3) is 2.18. The molecule has 0 radical (unpaired) electrons. The zero-order chi connectivity index (χ0) is 15.0. The van der Waals surface area contributed by atoms with Gasteiger partial charge in [0.15, 0.2) is 5.69 Å². The average Bonchev–Trinajstić information content (AvgIpc) is 3.03. The second kappa shape index (κ2) is 4.86. The van der Waals surface area contributed by atoms with Crippen LogP contribution in [-0.2, 0) is 6.54 Å². The Bertz CT molecular complexity index is 715. The molecule has 7 heteroatoms. The van der Waals surface area contributed by atoms with Crippen molar-refractivity contribution in [3.8, 4) is 0 Å². The van der Waals surface area contributed by atoms with Gasteiger partial charge in [-0.05, 0) is 12.1 Å². The molecule has 2 aromatic rings. The maximum absolute atomic E-state index is 12.1. The highest BCUT2D eigenvalue weighted by Crippen LogP contribution is 2.22. The number of amides is 2. The third-order valence-corrected chi connectivity index (χ3v) is 3.31. The van der Waals surface area contributed by atoms with Crippen LogP contribution < -0.4 is 0 Å². The molecule has 0 saturated carbocycles. The van der Waals surface area contributed by atoms with Crippen LogP contribution in [0.4, 0.5) is 0 Å². The number of fused-ring (bicyclic) bond motifs is 1. The summed E-state index contributed by atoms with van der Waals surface area (Å²) in [7, 11) is 0. The molecule has 1 N–H and O–H groups in total. The summed E-state index contributed by atoms with van der Waals surface area (Å²) in [5.74, 6) is -1.77. The summed E-state index contributed by atoms with van der Waals surface area (Å²) < 4.78 is 1.53. The van der Waals surface area contributed by atoms with E-state index in [2.05, 4.69) is 4.98 Å². The van der Waals surface area contributed by atoms with E-state index >= 15 is 0 Å². The fourth-order valence-electron chi connectivity index (χ4n) is 2.25. The first-order valence-corrected chi connectivity index (χ1v) is 6.28. The Morgan fingerprint density at radius 1 is 1.10 bits per heavy atom. The number of hydrogen-bond acceptors (Lipinski definition) is 4. The molecule has 0 bridgehead atoms. The second-order valence-corrected chi connectivity index (χ2v) is 4.61. The van der Waals surface area contributed by atoms with E-state index in [0.29, 0.717) is 17.7 Å². The Morgan fingerprint density at radius 2 is 1.71 bits per heavy atom. The molecule has 21 heavy (non-hydrogen) atoms. The summed E-state index contributed by atoms with van der Waals surface area (Å²) >= 11 is 0. The number of imide groups is 1. The van der Waals surface area contributed by atoms with E-state index in [1.165, 1.54) is 17.1 Å². The van der Waals surface area contributed by atoms with Gasteiger partial charge in [-0.2, -0.15) is 0 Å². The van der Waals surface area contributed by atoms with Gasteiger partial charge < -0.3 is 9.67 Å². The molecule has 3 rings (SSSR count). The molecule has 0 atom stereocenters. The molecule has 106 valence electrons. The first kappa shape index (κ1) is 13.0. The summed E-state index contributed by atoms with van der Waals surface area (Å²) in [5.41, 5.74) is 0.732. The predicted octanol–water partition coefficient (Wildman–Crippen LogP) is 0.878. The number of carbonyl (C=O) groups excluding carboxylic acids is 2. The average molecular weight is 285 g/mol. The summed E-state index contributed by atoms with van der Waals surface area (Å²) in [6.07, 6.45) is 2.72. The third-order valence-electron chi connectivity index (χ3n) is 3.31. The van der Waals surface area contributed by atoms with E-state index in [1.807, 2.05) is 0 Å². The molecule has 1 aromatic heterocycles. The van der Waals surface area contributed by atoms with Gasteiger partial charge in [0, 0.05) is 19.3 Å². The van der Waals surface area contributed by atoms with Crippen LogP contribution in [0.2, 0.25) is 0 Å². The molecule has 7 nitrogen and oxygen atoms in total. The topological polar surface area (TPSA) is 92.5 Å². The van der Waals surface area contributed by atoms with Crippen LogP contribution in [0.3, 0.4) is 0 Å². The summed E-state index contributed by atoms with van der Waals surface area (Å²) in [5, 5.41) is 8.79. The van der Waals surface area contributed by atoms with Crippen LogP contribution in [0.25, 0.3) is 0 Å². The van der Waals surface area contributed by atoms with Crippen molar-refractivity contribution in [2.75, 3.05) is 6.54 Å². The highest BCUT2D eigenvalue weighted by Gasteiger charge is 2.34. The summed E-state index contributed by atoms with van der Waals surface area (Å²) in [6, 6.07) is 6.66. The normalized spacial score (nSPS) is 13.6. The van der Waals surface area contributed by atoms with Crippen LogP contribution in [0, 0.1) is 0 Å². The number of hydrogen-bond donors (Lipinski definition) is 1. The number of rotatable bonds is 4. The lowest BCUT2D eigenvalue weighted by atomic mass is 10.1. The van der Waals surface area contributed by atoms with Crippen molar-refractivity contribution in [3.63, 3.8) is 0 Å². The standard InChI is InChI=1S/C14H11N3O4/c18-12-9-3-1-2-4-10(9)13(19)17(12)6-5-16-7-11(14(20)21)15-8-16/h1-4,7-8H,5-6H2,(H,20,21). The molecule has 2 amide bonds. The van der Waals surface area contributed by atoms with Crippen LogP contribution in [0.5, 0.6) is 0 Å². The summed E-state index contributed by atoms with van der Waals surface area (Å²) in [4.78, 5) is 39.9. The van der Waals surface area contributed by atoms with Gasteiger partial charge in [-0.1, -0.05) is 12.1 Å². The second-order valence-electron chi connectivity index (χ2n) is 4.61. The highest BCUT2D eigenvalue weighted by molar-refractivity contribution is 6.21. The zero-order valence-corrected chi connectivity index (χ0v) is 10.9. The van der Waals surface area contributed by atoms with Crippen molar-refractivity contribution in [2.24, 2.45) is 0 Å². The van der Waals surface area contributed by atoms with Crippen LogP contribution >= 0.6 is 0 Å². The number of imidazole rings is 1. The fraction of sp³-hybridized carbons (Fsp3) is 0.143. The molecule has 0 fully saturated rings. The quantitative estimate of drug-likeness (QED) is 0.842. The molecule has 0 spiro atoms. The Kier molecular flexibility index (Phi) is 3.02. The van der Waals surface area contributed by atoms with Gasteiger partial charge in [-0.3, -0.25) is 14.5 Å². The lowest BCUT2D eigenvalue weighted by Gasteiger charge is -2.13. The Morgan fingerprint density at radius 3 is 2.24 bits per heavy atom. The predicted molar refractivity (Wildman–Crippen MR) is 71.0 cm³/mol. The highest BCUT2D eigenvalue weighted by atomic mass is 16.4. The van der Waals surface area contributed by atoms with E-state index in [9.17, 15) is 14.4 Å². The van der Waals surface area contributed by atoms with Gasteiger partial charge in [0.2, 0.25) is 0 Å². The Hall–Kier alpha value is -2.96. The number of benzene rings is 1. The maximum Gasteiger partial charge on any atom is 0.356 e. The number of carbonyl (C=O) groups is 3. The molecule has 1 aliphatic heterocycles. The minimum Gasteiger partial charge on any atom is -0.476 e. The Balaban J connectivity index is 1.73. The van der Waals surface area contributed by atoms with E-state index in [-0.39, 0.29) is 24.1 Å². The van der Waals surface area contributed by atoms with Crippen LogP contribution in [-0.4, -0.2) is 43.9 Å². The minimum atomic E-state index is -1.12. The van der Waals surface area contributed by atoms with Gasteiger partial charge in [0.1, 0.15) is 0 Å². The van der Waals surface area contributed by atoms with Crippen LogP contribution in [0.1, 0.15) is 31.2 Å². The molecular formula is C14H11N3O4. The molecule has 0 saturated heterocycles. The molecule has 0 unspecified atom stereocenters. The molecule has 1 aliphatic rings. The molecular weight excluding hydrogens is 274 g/mol. The molecule has 0 aliphatic carbocycles. The van der Waals surface area contributed by atoms with Crippen molar-refractivity contribution in [3.05, 3.63) is 53.6 Å². The number of nitrogens with zero attached hydrogens (tertiary/aromatic N) is 3. The van der Waals surface area contributed by atoms with Crippen molar-refractivity contribution in [1.29, 1.82) is 0 Å². The van der Waals surface area contributed by atoms with E-state index in [4.69, 9.17) is 5.11 Å². The number of aromatic carboxylic acids is 1. The number of aromatic nitrogens is 2. The summed E-state index contributed by atoms with van der Waals surface area (Å²) in [6.45, 7) is 0.466. The van der Waals surface area contributed by atoms with E-state index < -0.39 is 5.97 Å². The zero-order valence-electron chi connectivity index (χ0n) is 10.9. The van der Waals surface area contributed by atoms with E-state index in [1.54, 1.807) is 24.3 Å². The van der Waals surface area contributed by atoms with Gasteiger partial charge in [-0.25, -0.2) is 9.78 Å². The van der Waals surface area contributed by atoms with Gasteiger partial charge in [0.25, 0.3) is 11.8 Å². The van der Waals surface area contributed by atoms with Crippen molar-refractivity contribution in [1.82, 2.24) is 14.5 Å². The van der Waals surface area contributed by atoms with Gasteiger partial charge in [-0.15, -0.1) is 0 Å². The smallest absolute Gasteiger partial charge is 0.356 e.